The number of nitrogens with zero attached hydrogens (tertiary/aromatic N) is 3. The summed E-state index contributed by atoms with van der Waals surface area (Å²) in [6.45, 7) is 8.56. The lowest BCUT2D eigenvalue weighted by Gasteiger charge is -2.21. The third-order valence-electron chi connectivity index (χ3n) is 3.90. The number of ether oxygens (including phenoxy) is 1. The van der Waals surface area contributed by atoms with Gasteiger partial charge in [-0.05, 0) is 39.3 Å². The van der Waals surface area contributed by atoms with Crippen LogP contribution in [0, 0.1) is 0 Å². The van der Waals surface area contributed by atoms with Crippen LogP contribution in [-0.4, -0.2) is 42.6 Å². The molecule has 0 aromatic heterocycles. The molecule has 0 heterocycles. The molecule has 0 aliphatic heterocycles. The molecule has 0 aromatic carbocycles. The zero-order chi connectivity index (χ0) is 22.4. The molecule has 0 spiro atoms. The van der Waals surface area contributed by atoms with Crippen LogP contribution in [0.2, 0.25) is 0 Å². The molecule has 0 amide bonds. The summed E-state index contributed by atoms with van der Waals surface area (Å²) < 4.78 is 58.1. The maximum atomic E-state index is 13.7. The van der Waals surface area contributed by atoms with Gasteiger partial charge in [0.05, 0.1) is 0 Å². The Hall–Kier alpha value is -2.12. The molecule has 1 atom stereocenters. The molecular weight excluding hydrogens is 386 g/mol. The van der Waals surface area contributed by atoms with Gasteiger partial charge in [0, 0.05) is 33.4 Å². The molecule has 0 rings (SSSR count). The number of alkyl halides is 3. The van der Waals surface area contributed by atoms with Gasteiger partial charge in [0.1, 0.15) is 17.6 Å². The highest BCUT2D eigenvalue weighted by Gasteiger charge is 2.36. The van der Waals surface area contributed by atoms with E-state index in [-0.39, 0.29) is 30.5 Å². The molecule has 0 aliphatic carbocycles. The van der Waals surface area contributed by atoms with Gasteiger partial charge in [-0.1, -0.05) is 25.5 Å². The molecule has 4 nitrogen and oxygen atoms in total. The van der Waals surface area contributed by atoms with Gasteiger partial charge < -0.3 is 9.64 Å². The summed E-state index contributed by atoms with van der Waals surface area (Å²) in [5.74, 6) is 0.241. The number of allylic oxidation sites excluding steroid dienone is 5. The van der Waals surface area contributed by atoms with Gasteiger partial charge >= 0.3 is 6.18 Å². The van der Waals surface area contributed by atoms with Crippen molar-refractivity contribution in [1.29, 1.82) is 0 Å². The van der Waals surface area contributed by atoms with Gasteiger partial charge in [-0.15, -0.1) is 0 Å². The SMILES string of the molecule is CC=CC/C(F)=C\C/C(=C\C)O/C(C)=N/C(=N\C(C)C(F)(F)F)N(C)CCCC. The Kier molecular flexibility index (Phi) is 12.9. The van der Waals surface area contributed by atoms with E-state index >= 15 is 0 Å². The summed E-state index contributed by atoms with van der Waals surface area (Å²) in [4.78, 5) is 9.46. The maximum absolute atomic E-state index is 13.7. The Labute approximate surface area is 171 Å². The predicted octanol–water partition coefficient (Wildman–Crippen LogP) is 6.57. The lowest BCUT2D eigenvalue weighted by molar-refractivity contribution is -0.142. The molecule has 8 heteroatoms. The third kappa shape index (κ3) is 12.1. The number of aliphatic imine (C=N–C) groups is 2. The molecule has 0 radical (unpaired) electrons. The number of rotatable bonds is 9. The minimum absolute atomic E-state index is 0.0500. The minimum atomic E-state index is -4.45. The molecule has 0 aromatic rings. The molecule has 1 unspecified atom stereocenters. The molecule has 0 fully saturated rings. The van der Waals surface area contributed by atoms with Gasteiger partial charge in [0.15, 0.2) is 5.90 Å². The lowest BCUT2D eigenvalue weighted by atomic mass is 10.2. The molecule has 29 heavy (non-hydrogen) atoms. The van der Waals surface area contributed by atoms with Gasteiger partial charge in [-0.3, -0.25) is 0 Å². The normalized spacial score (nSPS) is 15.8. The molecule has 0 bridgehead atoms. The fourth-order valence-electron chi connectivity index (χ4n) is 2.05. The number of unbranched alkanes of at least 4 members (excludes halogenated alkanes) is 1. The van der Waals surface area contributed by atoms with Gasteiger partial charge in [-0.25, -0.2) is 9.38 Å². The molecular formula is C21H33F4N3O. The van der Waals surface area contributed by atoms with Crippen LogP contribution in [-0.2, 0) is 4.74 Å². The summed E-state index contributed by atoms with van der Waals surface area (Å²) in [5, 5.41) is 0. The predicted molar refractivity (Wildman–Crippen MR) is 112 cm³/mol. The van der Waals surface area contributed by atoms with Crippen molar-refractivity contribution in [2.45, 2.75) is 72.5 Å². The molecule has 0 N–H and O–H groups in total. The van der Waals surface area contributed by atoms with Crippen LogP contribution in [0.1, 0.15) is 60.3 Å². The summed E-state index contributed by atoms with van der Waals surface area (Å²) in [6.07, 6.45) is 4.16. The summed E-state index contributed by atoms with van der Waals surface area (Å²) in [5.41, 5.74) is 0. The van der Waals surface area contributed by atoms with E-state index in [9.17, 15) is 17.6 Å². The largest absolute Gasteiger partial charge is 0.448 e. The summed E-state index contributed by atoms with van der Waals surface area (Å²) in [6, 6.07) is -1.89. The van der Waals surface area contributed by atoms with Crippen molar-refractivity contribution in [3.05, 3.63) is 35.9 Å². The van der Waals surface area contributed by atoms with E-state index in [4.69, 9.17) is 4.74 Å². The second-order valence-corrected chi connectivity index (χ2v) is 6.54. The Bertz CT molecular complexity index is 634. The number of guanidine groups is 1. The van der Waals surface area contributed by atoms with Crippen molar-refractivity contribution < 1.29 is 22.3 Å². The van der Waals surface area contributed by atoms with E-state index in [1.807, 2.05) is 13.8 Å². The lowest BCUT2D eigenvalue weighted by Crippen LogP contribution is -2.32. The van der Waals surface area contributed by atoms with Crippen molar-refractivity contribution in [1.82, 2.24) is 4.90 Å². The molecule has 0 saturated heterocycles. The second-order valence-electron chi connectivity index (χ2n) is 6.54. The van der Waals surface area contributed by atoms with Crippen LogP contribution in [0.3, 0.4) is 0 Å². The highest BCUT2D eigenvalue weighted by Crippen LogP contribution is 2.23. The summed E-state index contributed by atoms with van der Waals surface area (Å²) in [7, 11) is 1.64. The highest BCUT2D eigenvalue weighted by atomic mass is 19.4. The average molecular weight is 420 g/mol. The van der Waals surface area contributed by atoms with E-state index in [1.54, 1.807) is 37.1 Å². The Morgan fingerprint density at radius 3 is 2.38 bits per heavy atom. The monoisotopic (exact) mass is 419 g/mol. The van der Waals surface area contributed by atoms with Gasteiger partial charge in [0.25, 0.3) is 0 Å². The zero-order valence-corrected chi connectivity index (χ0v) is 18.2. The van der Waals surface area contributed by atoms with Crippen molar-refractivity contribution in [3.8, 4) is 0 Å². The first-order valence-corrected chi connectivity index (χ1v) is 9.74. The van der Waals surface area contributed by atoms with Crippen LogP contribution in [0.25, 0.3) is 0 Å². The fourth-order valence-corrected chi connectivity index (χ4v) is 2.05. The van der Waals surface area contributed by atoms with Crippen molar-refractivity contribution in [2.24, 2.45) is 9.98 Å². The van der Waals surface area contributed by atoms with Crippen LogP contribution >= 0.6 is 0 Å². The van der Waals surface area contributed by atoms with E-state index < -0.39 is 12.2 Å². The number of hydrogen-bond donors (Lipinski definition) is 0. The minimum Gasteiger partial charge on any atom is -0.448 e. The van der Waals surface area contributed by atoms with Crippen LogP contribution < -0.4 is 0 Å². The second kappa shape index (κ2) is 14.0. The zero-order valence-electron chi connectivity index (χ0n) is 18.2. The van der Waals surface area contributed by atoms with Gasteiger partial charge in [0.2, 0.25) is 5.96 Å². The smallest absolute Gasteiger partial charge is 0.410 e. The fraction of sp³-hybridized carbons (Fsp3) is 0.619. The quantitative estimate of drug-likeness (QED) is 0.139. The molecule has 0 aliphatic rings. The topological polar surface area (TPSA) is 37.2 Å². The number of halogens is 4. The van der Waals surface area contributed by atoms with Crippen molar-refractivity contribution >= 4 is 11.9 Å². The Morgan fingerprint density at radius 2 is 1.86 bits per heavy atom. The van der Waals surface area contributed by atoms with Crippen LogP contribution in [0.4, 0.5) is 17.6 Å². The third-order valence-corrected chi connectivity index (χ3v) is 3.90. The van der Waals surface area contributed by atoms with E-state index in [0.29, 0.717) is 12.3 Å². The first-order chi connectivity index (χ1) is 13.5. The Morgan fingerprint density at radius 1 is 1.21 bits per heavy atom. The van der Waals surface area contributed by atoms with E-state index in [2.05, 4.69) is 9.98 Å². The standard InChI is InChI=1S/C21H33F4N3O/c1-7-10-12-18(22)13-14-19(9-3)29-17(5)27-20(28(6)15-11-8-2)26-16(4)21(23,24)25/h7,9-10,13,16H,8,11-12,14-15H2,1-6H3/b10-7?,18-13+,19-9+,26-20+,27-17+. The maximum Gasteiger partial charge on any atom is 0.410 e. The van der Waals surface area contributed by atoms with E-state index in [0.717, 1.165) is 19.8 Å². The van der Waals surface area contributed by atoms with E-state index in [1.165, 1.54) is 13.0 Å². The van der Waals surface area contributed by atoms with Crippen molar-refractivity contribution in [2.75, 3.05) is 13.6 Å². The van der Waals surface area contributed by atoms with Crippen LogP contribution in [0.5, 0.6) is 0 Å². The average Bonchev–Trinajstić information content (AvgIpc) is 2.65. The highest BCUT2D eigenvalue weighted by molar-refractivity contribution is 5.92. The first kappa shape index (κ1) is 26.9. The molecule has 0 saturated carbocycles. The van der Waals surface area contributed by atoms with Crippen molar-refractivity contribution in [3.63, 3.8) is 0 Å². The number of hydrogen-bond acceptors (Lipinski definition) is 2. The van der Waals surface area contributed by atoms with Crippen LogP contribution in [0.15, 0.2) is 45.9 Å². The van der Waals surface area contributed by atoms with Gasteiger partial charge in [-0.2, -0.15) is 18.2 Å². The summed E-state index contributed by atoms with van der Waals surface area (Å²) >= 11 is 0. The first-order valence-electron chi connectivity index (χ1n) is 9.74. The molecule has 166 valence electrons. The Balaban J connectivity index is 5.41.